The molecule has 0 radical (unpaired) electrons. The van der Waals surface area contributed by atoms with Crippen LogP contribution in [0.4, 0.5) is 0 Å². The van der Waals surface area contributed by atoms with Crippen molar-refractivity contribution in [3.63, 3.8) is 0 Å². The Morgan fingerprint density at radius 2 is 1.80 bits per heavy atom. The summed E-state index contributed by atoms with van der Waals surface area (Å²) in [6.45, 7) is 1.31. The molecule has 0 heterocycles. The zero-order valence-electron chi connectivity index (χ0n) is 17.4. The Morgan fingerprint density at radius 1 is 1.03 bits per heavy atom. The third-order valence-corrected chi connectivity index (χ3v) is 7.53. The van der Waals surface area contributed by atoms with Gasteiger partial charge in [-0.15, -0.1) is 0 Å². The Bertz CT molecular complexity index is 880. The number of rotatable bonds is 7. The number of nitrogens with one attached hydrogen (secondary N) is 1. The fourth-order valence-electron chi connectivity index (χ4n) is 6.39. The fraction of sp³-hybridized carbons (Fsp3) is 0.500. The van der Waals surface area contributed by atoms with Crippen LogP contribution in [0.25, 0.3) is 0 Å². The van der Waals surface area contributed by atoms with Crippen molar-refractivity contribution < 1.29 is 14.6 Å². The topological polar surface area (TPSA) is 58.6 Å². The average Bonchev–Trinajstić information content (AvgIpc) is 2.73. The number of ether oxygens (including phenoxy) is 1. The van der Waals surface area contributed by atoms with Crippen molar-refractivity contribution >= 4 is 5.91 Å². The molecular formula is C26H31NO3. The van der Waals surface area contributed by atoms with Crippen LogP contribution in [0.5, 0.6) is 5.75 Å². The normalized spacial score (nSPS) is 31.5. The first-order valence-corrected chi connectivity index (χ1v) is 11.4. The van der Waals surface area contributed by atoms with Gasteiger partial charge >= 0.3 is 0 Å². The Kier molecular flexibility index (Phi) is 5.28. The minimum absolute atomic E-state index is 0.0315. The van der Waals surface area contributed by atoms with E-state index in [-0.39, 0.29) is 5.91 Å². The Balaban J connectivity index is 1.15. The largest absolute Gasteiger partial charge is 0.493 e. The lowest BCUT2D eigenvalue weighted by atomic mass is 9.50. The van der Waals surface area contributed by atoms with Crippen LogP contribution in [-0.2, 0) is 6.42 Å². The molecule has 2 atom stereocenters. The van der Waals surface area contributed by atoms with Gasteiger partial charge in [0.15, 0.2) is 0 Å². The maximum atomic E-state index is 12.8. The Morgan fingerprint density at radius 3 is 2.53 bits per heavy atom. The van der Waals surface area contributed by atoms with Gasteiger partial charge in [0.2, 0.25) is 0 Å². The monoisotopic (exact) mass is 405 g/mol. The smallest absolute Gasteiger partial charge is 0.251 e. The van der Waals surface area contributed by atoms with E-state index in [1.54, 1.807) is 0 Å². The van der Waals surface area contributed by atoms with Gasteiger partial charge in [-0.2, -0.15) is 0 Å². The summed E-state index contributed by atoms with van der Waals surface area (Å²) in [4.78, 5) is 12.8. The first kappa shape index (κ1) is 19.6. The second-order valence-electron chi connectivity index (χ2n) is 9.68. The standard InChI is InChI=1S/C26H31NO3/c28-25(27-17-24-21-11-19-12-22(24)16-26(29,14-19)15-21)20-7-4-8-23(13-20)30-10-9-18-5-2-1-3-6-18/h1-8,13,19,21-22,24,29H,9-12,14-17H2,(H,27,28). The van der Waals surface area contributed by atoms with Gasteiger partial charge in [-0.1, -0.05) is 36.4 Å². The quantitative estimate of drug-likeness (QED) is 0.725. The van der Waals surface area contributed by atoms with Crippen LogP contribution in [0.3, 0.4) is 0 Å². The molecule has 2 aromatic carbocycles. The van der Waals surface area contributed by atoms with E-state index in [4.69, 9.17) is 4.74 Å². The third-order valence-electron chi connectivity index (χ3n) is 7.53. The molecule has 4 aliphatic rings. The molecule has 0 saturated heterocycles. The second-order valence-corrected chi connectivity index (χ2v) is 9.68. The molecule has 0 spiro atoms. The number of hydrogen-bond donors (Lipinski definition) is 2. The Hall–Kier alpha value is -2.33. The lowest BCUT2D eigenvalue weighted by Crippen LogP contribution is -2.56. The van der Waals surface area contributed by atoms with Crippen LogP contribution in [-0.4, -0.2) is 29.8 Å². The molecular weight excluding hydrogens is 374 g/mol. The summed E-state index contributed by atoms with van der Waals surface area (Å²) >= 11 is 0. The molecule has 4 bridgehead atoms. The highest BCUT2D eigenvalue weighted by molar-refractivity contribution is 5.94. The third kappa shape index (κ3) is 4.11. The minimum Gasteiger partial charge on any atom is -0.493 e. The van der Waals surface area contributed by atoms with Crippen molar-refractivity contribution in [2.75, 3.05) is 13.2 Å². The van der Waals surface area contributed by atoms with E-state index >= 15 is 0 Å². The van der Waals surface area contributed by atoms with Crippen LogP contribution in [0.15, 0.2) is 54.6 Å². The highest BCUT2D eigenvalue weighted by Crippen LogP contribution is 2.58. The van der Waals surface area contributed by atoms with E-state index in [9.17, 15) is 9.90 Å². The highest BCUT2D eigenvalue weighted by Gasteiger charge is 2.54. The summed E-state index contributed by atoms with van der Waals surface area (Å²) in [6, 6.07) is 17.7. The molecule has 0 aliphatic heterocycles. The van der Waals surface area contributed by atoms with Crippen LogP contribution in [0.1, 0.15) is 48.0 Å². The molecule has 2 N–H and O–H groups in total. The molecule has 4 saturated carbocycles. The molecule has 30 heavy (non-hydrogen) atoms. The van der Waals surface area contributed by atoms with Crippen molar-refractivity contribution in [2.45, 2.75) is 44.1 Å². The Labute approximate surface area is 178 Å². The van der Waals surface area contributed by atoms with E-state index in [1.807, 2.05) is 42.5 Å². The summed E-state index contributed by atoms with van der Waals surface area (Å²) in [5.74, 6) is 3.04. The molecule has 6 rings (SSSR count). The SMILES string of the molecule is O=C(NCC1C2CC3CC1CC(O)(C3)C2)c1cccc(OCCc2ccccc2)c1. The molecule has 0 aromatic heterocycles. The molecule has 4 heteroatoms. The fourth-order valence-corrected chi connectivity index (χ4v) is 6.39. The van der Waals surface area contributed by atoms with Crippen LogP contribution in [0, 0.1) is 23.7 Å². The van der Waals surface area contributed by atoms with Gasteiger partial charge in [0, 0.05) is 18.5 Å². The molecule has 1 amide bonds. The molecule has 4 fully saturated rings. The average molecular weight is 406 g/mol. The zero-order valence-corrected chi connectivity index (χ0v) is 17.4. The summed E-state index contributed by atoms with van der Waals surface area (Å²) in [5.41, 5.74) is 1.48. The van der Waals surface area contributed by atoms with E-state index in [1.165, 1.54) is 18.4 Å². The van der Waals surface area contributed by atoms with Crippen LogP contribution < -0.4 is 10.1 Å². The summed E-state index contributed by atoms with van der Waals surface area (Å²) in [7, 11) is 0. The van der Waals surface area contributed by atoms with Crippen molar-refractivity contribution in [1.29, 1.82) is 0 Å². The predicted molar refractivity (Wildman–Crippen MR) is 116 cm³/mol. The van der Waals surface area contributed by atoms with Gasteiger partial charge in [-0.3, -0.25) is 4.79 Å². The molecule has 158 valence electrons. The maximum Gasteiger partial charge on any atom is 0.251 e. The summed E-state index contributed by atoms with van der Waals surface area (Å²) in [6.07, 6.45) is 6.13. The zero-order chi connectivity index (χ0) is 20.6. The van der Waals surface area contributed by atoms with Gasteiger partial charge in [0.05, 0.1) is 12.2 Å². The molecule has 2 aromatic rings. The highest BCUT2D eigenvalue weighted by atomic mass is 16.5. The van der Waals surface area contributed by atoms with Gasteiger partial charge in [-0.05, 0) is 79.5 Å². The van der Waals surface area contributed by atoms with Crippen LogP contribution in [0.2, 0.25) is 0 Å². The number of amides is 1. The predicted octanol–water partition coefficient (Wildman–Crippen LogP) is 4.23. The van der Waals surface area contributed by atoms with Gasteiger partial charge < -0.3 is 15.2 Å². The number of hydrogen-bond acceptors (Lipinski definition) is 3. The van der Waals surface area contributed by atoms with Crippen molar-refractivity contribution in [1.82, 2.24) is 5.32 Å². The van der Waals surface area contributed by atoms with Crippen molar-refractivity contribution in [3.8, 4) is 5.75 Å². The van der Waals surface area contributed by atoms with Crippen molar-refractivity contribution in [2.24, 2.45) is 23.7 Å². The number of carbonyl (C=O) groups is 1. The van der Waals surface area contributed by atoms with Gasteiger partial charge in [0.25, 0.3) is 5.91 Å². The first-order chi connectivity index (χ1) is 14.6. The lowest BCUT2D eigenvalue weighted by molar-refractivity contribution is -0.150. The minimum atomic E-state index is -0.414. The molecule has 4 aliphatic carbocycles. The number of carbonyl (C=O) groups excluding carboxylic acids is 1. The van der Waals surface area contributed by atoms with Crippen molar-refractivity contribution in [3.05, 3.63) is 65.7 Å². The first-order valence-electron chi connectivity index (χ1n) is 11.4. The van der Waals surface area contributed by atoms with E-state index in [0.29, 0.717) is 35.8 Å². The van der Waals surface area contributed by atoms with E-state index in [2.05, 4.69) is 17.4 Å². The van der Waals surface area contributed by atoms with E-state index < -0.39 is 5.60 Å². The second kappa shape index (κ2) is 8.07. The van der Waals surface area contributed by atoms with Crippen LogP contribution >= 0.6 is 0 Å². The van der Waals surface area contributed by atoms with Gasteiger partial charge in [-0.25, -0.2) is 0 Å². The van der Waals surface area contributed by atoms with Gasteiger partial charge in [0.1, 0.15) is 5.75 Å². The molecule has 2 unspecified atom stereocenters. The summed E-state index contributed by atoms with van der Waals surface area (Å²) < 4.78 is 5.88. The number of benzene rings is 2. The maximum absolute atomic E-state index is 12.8. The summed E-state index contributed by atoms with van der Waals surface area (Å²) in [5, 5.41) is 13.9. The lowest BCUT2D eigenvalue weighted by Gasteiger charge is -2.58. The van der Waals surface area contributed by atoms with E-state index in [0.717, 1.165) is 38.0 Å². The number of aliphatic hydroxyl groups is 1. The molecule has 4 nitrogen and oxygen atoms in total.